The first kappa shape index (κ1) is 33.5. The fourth-order valence-electron chi connectivity index (χ4n) is 9.94. The average molecular weight is 685 g/mol. The van der Waals surface area contributed by atoms with Gasteiger partial charge in [0.2, 0.25) is 6.29 Å². The number of fused-ring (bicyclic) bond motifs is 7. The van der Waals surface area contributed by atoms with Crippen molar-refractivity contribution in [2.75, 3.05) is 12.3 Å². The van der Waals surface area contributed by atoms with Gasteiger partial charge in [0.1, 0.15) is 6.61 Å². The van der Waals surface area contributed by atoms with Gasteiger partial charge in [-0.1, -0.05) is 30.7 Å². The van der Waals surface area contributed by atoms with Crippen LogP contribution in [0.2, 0.25) is 0 Å². The lowest BCUT2D eigenvalue weighted by Gasteiger charge is -2.62. The van der Waals surface area contributed by atoms with Gasteiger partial charge in [0.15, 0.2) is 22.8 Å². The van der Waals surface area contributed by atoms with Crippen molar-refractivity contribution in [3.05, 3.63) is 76.6 Å². The van der Waals surface area contributed by atoms with Gasteiger partial charge in [-0.25, -0.2) is 4.39 Å². The second-order valence-corrected chi connectivity index (χ2v) is 15.4. The molecular weight excluding hydrogens is 642 g/mol. The molecule has 2 aromatic rings. The van der Waals surface area contributed by atoms with Gasteiger partial charge in [-0.3, -0.25) is 14.2 Å². The van der Waals surface area contributed by atoms with Gasteiger partial charge in [0, 0.05) is 41.2 Å². The zero-order valence-corrected chi connectivity index (χ0v) is 28.1. The molecule has 1 aromatic carbocycles. The Kier molecular flexibility index (Phi) is 8.07. The molecule has 4 fully saturated rings. The normalized spacial score (nSPS) is 38.9. The molecule has 1 unspecified atom stereocenters. The van der Waals surface area contributed by atoms with Crippen LogP contribution in [0.3, 0.4) is 0 Å². The standard InChI is InChI=1S/C35H42FN2O9P/c1-32-9-8-23(40)13-22(32)6-7-24-25-14-30-35(29(42)18-45-48(43)44,33(25,2)15-28(41)34(24,32)36)47-31(46-30)27-12-20(16-38(27)3)10-19-4-5-21(17-39)26(37)11-19/h4-5,8-9,11-13,16,24-25,28,30-31,39,41,48H,6-7,10,14-15,17-18,37H2,1-3H3,(H,43,44)/t24-,25-,28-,30+,31+,32-,33-,34-,35+/m0/s1. The van der Waals surface area contributed by atoms with Crippen molar-refractivity contribution in [1.29, 1.82) is 0 Å². The minimum absolute atomic E-state index is 0.133. The van der Waals surface area contributed by atoms with Crippen LogP contribution in [0.4, 0.5) is 10.1 Å². The number of rotatable bonds is 8. The Bertz CT molecular complexity index is 1780. The van der Waals surface area contributed by atoms with E-state index in [1.165, 1.54) is 12.2 Å². The van der Waals surface area contributed by atoms with E-state index in [1.54, 1.807) is 19.1 Å². The van der Waals surface area contributed by atoms with Crippen LogP contribution in [0, 0.1) is 22.7 Å². The van der Waals surface area contributed by atoms with Gasteiger partial charge in [-0.05, 0) is 80.4 Å². The molecule has 11 nitrogen and oxygen atoms in total. The van der Waals surface area contributed by atoms with Crippen LogP contribution >= 0.6 is 8.25 Å². The van der Waals surface area contributed by atoms with E-state index in [2.05, 4.69) is 0 Å². The SMILES string of the molecule is Cn1cc(Cc2ccc(CO)c(N)c2)cc1[C@@H]1O[C@@H]2C[C@H]3[C@@H]4CCC5=CC(=O)C=C[C@]5(C)[C@@]4(F)[C@@H](O)C[C@]3(C)[C@]2(C(=O)CO[PH](=O)O)O1. The Labute approximate surface area is 278 Å². The molecule has 0 radical (unpaired) electrons. The molecule has 4 aliphatic carbocycles. The molecule has 1 saturated heterocycles. The van der Waals surface area contributed by atoms with Gasteiger partial charge in [0.25, 0.3) is 0 Å². The first-order valence-electron chi connectivity index (χ1n) is 16.3. The molecule has 0 bridgehead atoms. The Morgan fingerprint density at radius 1 is 1.23 bits per heavy atom. The predicted octanol–water partition coefficient (Wildman–Crippen LogP) is 3.79. The van der Waals surface area contributed by atoms with Crippen molar-refractivity contribution < 1.29 is 47.6 Å². The minimum Gasteiger partial charge on any atom is -0.398 e. The number of allylic oxidation sites excluding steroid dienone is 4. The summed E-state index contributed by atoms with van der Waals surface area (Å²) in [4.78, 5) is 35.9. The topological polar surface area (TPSA) is 171 Å². The molecule has 48 heavy (non-hydrogen) atoms. The maximum atomic E-state index is 17.7. The number of carbonyl (C=O) groups excluding carboxylic acids is 2. The number of aliphatic hydroxyl groups is 2. The Morgan fingerprint density at radius 3 is 2.71 bits per heavy atom. The van der Waals surface area contributed by atoms with E-state index < -0.39 is 73.1 Å². The number of aryl methyl sites for hydroxylation is 1. The second-order valence-electron chi connectivity index (χ2n) is 14.5. The summed E-state index contributed by atoms with van der Waals surface area (Å²) in [5.41, 5.74) is 4.25. The molecule has 0 spiro atoms. The van der Waals surface area contributed by atoms with E-state index in [0.29, 0.717) is 41.8 Å². The number of benzene rings is 1. The van der Waals surface area contributed by atoms with Crippen LogP contribution in [0.5, 0.6) is 0 Å². The number of carbonyl (C=O) groups is 2. The second kappa shape index (κ2) is 11.6. The quantitative estimate of drug-likeness (QED) is 0.237. The maximum absolute atomic E-state index is 17.7. The number of nitrogen functional groups attached to an aromatic ring is 1. The molecule has 1 aromatic heterocycles. The number of hydrogen-bond donors (Lipinski definition) is 4. The van der Waals surface area contributed by atoms with Gasteiger partial charge < -0.3 is 39.4 Å². The summed E-state index contributed by atoms with van der Waals surface area (Å²) in [6.07, 6.45) is 4.48. The number of hydrogen-bond acceptors (Lipinski definition) is 9. The Morgan fingerprint density at radius 2 is 2.00 bits per heavy atom. The average Bonchev–Trinajstić information content (AvgIpc) is 3.66. The zero-order chi connectivity index (χ0) is 34.4. The van der Waals surface area contributed by atoms with Crippen molar-refractivity contribution in [1.82, 2.24) is 4.57 Å². The summed E-state index contributed by atoms with van der Waals surface area (Å²) in [5, 5.41) is 21.3. The highest BCUT2D eigenvalue weighted by atomic mass is 31.1. The van der Waals surface area contributed by atoms with Gasteiger partial charge in [0.05, 0.1) is 24.5 Å². The first-order valence-corrected chi connectivity index (χ1v) is 17.6. The van der Waals surface area contributed by atoms with E-state index in [4.69, 9.17) is 19.7 Å². The van der Waals surface area contributed by atoms with E-state index in [-0.39, 0.29) is 25.2 Å². The lowest BCUT2D eigenvalue weighted by molar-refractivity contribution is -0.231. The fourth-order valence-corrected chi connectivity index (χ4v) is 10.2. The first-order chi connectivity index (χ1) is 22.7. The third-order valence-electron chi connectivity index (χ3n) is 12.3. The molecule has 3 saturated carbocycles. The molecule has 7 rings (SSSR count). The van der Waals surface area contributed by atoms with E-state index >= 15 is 4.39 Å². The number of nitrogens with two attached hydrogens (primary N) is 1. The van der Waals surface area contributed by atoms with E-state index in [1.807, 2.05) is 42.9 Å². The summed E-state index contributed by atoms with van der Waals surface area (Å²) in [6.45, 7) is 2.70. The Balaban J connectivity index is 1.23. The van der Waals surface area contributed by atoms with Gasteiger partial charge >= 0.3 is 8.25 Å². The minimum atomic E-state index is -3.45. The molecule has 5 N–H and O–H groups in total. The highest BCUT2D eigenvalue weighted by Gasteiger charge is 2.79. The van der Waals surface area contributed by atoms with Crippen molar-refractivity contribution in [3.8, 4) is 0 Å². The molecule has 258 valence electrons. The summed E-state index contributed by atoms with van der Waals surface area (Å²) in [6, 6.07) is 7.41. The lowest BCUT2D eigenvalue weighted by atomic mass is 9.44. The maximum Gasteiger partial charge on any atom is 0.317 e. The smallest absolute Gasteiger partial charge is 0.317 e. The lowest BCUT2D eigenvalue weighted by Crippen LogP contribution is -2.69. The number of aliphatic hydroxyl groups excluding tert-OH is 2. The van der Waals surface area contributed by atoms with Crippen LogP contribution in [0.1, 0.15) is 68.2 Å². The van der Waals surface area contributed by atoms with Crippen molar-refractivity contribution >= 4 is 25.5 Å². The highest BCUT2D eigenvalue weighted by molar-refractivity contribution is 7.32. The largest absolute Gasteiger partial charge is 0.398 e. The Hall–Kier alpha value is -2.96. The molecule has 10 atom stereocenters. The third-order valence-corrected chi connectivity index (χ3v) is 12.6. The highest BCUT2D eigenvalue weighted by Crippen LogP contribution is 2.72. The zero-order valence-electron chi connectivity index (χ0n) is 27.1. The van der Waals surface area contributed by atoms with Gasteiger partial charge in [-0.2, -0.15) is 0 Å². The number of halogens is 1. The summed E-state index contributed by atoms with van der Waals surface area (Å²) < 4.78 is 49.4. The molecule has 2 heterocycles. The monoisotopic (exact) mass is 684 g/mol. The van der Waals surface area contributed by atoms with E-state index in [0.717, 1.165) is 11.1 Å². The number of aromatic nitrogens is 1. The number of Topliss-reactive ketones (excluding diaryl/α,β-unsaturated/α-hetero) is 1. The van der Waals surface area contributed by atoms with Crippen LogP contribution < -0.4 is 5.73 Å². The number of ether oxygens (including phenoxy) is 2. The number of ketones is 2. The molecular formula is C35H42FN2O9P. The van der Waals surface area contributed by atoms with Crippen molar-refractivity contribution in [2.24, 2.45) is 29.7 Å². The van der Waals surface area contributed by atoms with Crippen molar-refractivity contribution in [2.45, 2.75) is 82.3 Å². The fraction of sp³-hybridized carbons (Fsp3) is 0.543. The predicted molar refractivity (Wildman–Crippen MR) is 172 cm³/mol. The summed E-state index contributed by atoms with van der Waals surface area (Å²) in [5.74, 6) is -1.93. The van der Waals surface area contributed by atoms with Crippen LogP contribution in [-0.2, 0) is 48.2 Å². The molecule has 13 heteroatoms. The number of nitrogens with zero attached hydrogens (tertiary/aromatic N) is 1. The number of alkyl halides is 1. The molecule has 0 amide bonds. The number of anilines is 1. The molecule has 5 aliphatic rings. The van der Waals surface area contributed by atoms with Crippen molar-refractivity contribution in [3.63, 3.8) is 0 Å². The summed E-state index contributed by atoms with van der Waals surface area (Å²) in [7, 11) is -1.62. The molecule has 1 aliphatic heterocycles. The van der Waals surface area contributed by atoms with Gasteiger partial charge in [-0.15, -0.1) is 0 Å². The summed E-state index contributed by atoms with van der Waals surface area (Å²) >= 11 is 0. The van der Waals surface area contributed by atoms with Crippen LogP contribution in [0.15, 0.2) is 54.3 Å². The van der Waals surface area contributed by atoms with Crippen LogP contribution in [0.25, 0.3) is 0 Å². The third kappa shape index (κ3) is 4.64. The van der Waals surface area contributed by atoms with E-state index in [9.17, 15) is 29.3 Å². The van der Waals surface area contributed by atoms with Crippen LogP contribution in [-0.4, -0.2) is 61.3 Å².